The normalized spacial score (nSPS) is 9.82. The molecule has 0 bridgehead atoms. The molecule has 0 aliphatic heterocycles. The molecule has 0 saturated heterocycles. The van der Waals surface area contributed by atoms with Crippen molar-refractivity contribution in [2.24, 2.45) is 0 Å². The van der Waals surface area contributed by atoms with Gasteiger partial charge in [-0.2, -0.15) is 0 Å². The van der Waals surface area contributed by atoms with Gasteiger partial charge < -0.3 is 0 Å². The van der Waals surface area contributed by atoms with Crippen LogP contribution in [0, 0.1) is 12.7 Å². The molecule has 11 heavy (non-hydrogen) atoms. The van der Waals surface area contributed by atoms with Crippen LogP contribution in [0.5, 0.6) is 0 Å². The van der Waals surface area contributed by atoms with Crippen LogP contribution in [0.4, 0.5) is 4.39 Å². The Morgan fingerprint density at radius 3 is 2.36 bits per heavy atom. The summed E-state index contributed by atoms with van der Waals surface area (Å²) in [5.41, 5.74) is 1.88. The molecule has 1 aromatic carbocycles. The van der Waals surface area contributed by atoms with Crippen molar-refractivity contribution in [2.75, 3.05) is 0 Å². The van der Waals surface area contributed by atoms with Crippen LogP contribution < -0.4 is 5.46 Å². The number of halogens is 1. The largest absolute Gasteiger partial charge is 0.207 e. The van der Waals surface area contributed by atoms with Crippen molar-refractivity contribution in [2.45, 2.75) is 20.6 Å². The van der Waals surface area contributed by atoms with E-state index in [4.69, 9.17) is 0 Å². The van der Waals surface area contributed by atoms with Gasteiger partial charge in [0.25, 0.3) is 0 Å². The van der Waals surface area contributed by atoms with Crippen molar-refractivity contribution in [3.05, 3.63) is 29.6 Å². The predicted octanol–water partition coefficient (Wildman–Crippen LogP) is 2.10. The Morgan fingerprint density at radius 2 is 1.91 bits per heavy atom. The summed E-state index contributed by atoms with van der Waals surface area (Å²) in [4.78, 5) is 0. The van der Waals surface area contributed by atoms with Gasteiger partial charge in [0.15, 0.2) is 6.71 Å². The number of hydrogen-bond acceptors (Lipinski definition) is 0. The quantitative estimate of drug-likeness (QED) is 0.537. The summed E-state index contributed by atoms with van der Waals surface area (Å²) >= 11 is 0. The van der Waals surface area contributed by atoms with E-state index in [-0.39, 0.29) is 5.82 Å². The predicted molar refractivity (Wildman–Crippen MR) is 48.3 cm³/mol. The maximum absolute atomic E-state index is 12.9. The smallest absolute Gasteiger partial charge is 0.170 e. The van der Waals surface area contributed by atoms with Crippen LogP contribution in [0.2, 0.25) is 13.6 Å². The Labute approximate surface area is 67.5 Å². The lowest BCUT2D eigenvalue weighted by molar-refractivity contribution is 0.620. The van der Waals surface area contributed by atoms with Crippen LogP contribution in [-0.2, 0) is 0 Å². The standard InChI is InChI=1S/C9H12BF/c1-7-8(10(2)3)5-4-6-9(7)11/h4-6H,1-3H3. The monoisotopic (exact) mass is 150 g/mol. The molecule has 1 rings (SSSR count). The Morgan fingerprint density at radius 1 is 1.27 bits per heavy atom. The molecule has 0 aliphatic rings. The van der Waals surface area contributed by atoms with Crippen LogP contribution in [0.15, 0.2) is 18.2 Å². The molecule has 2 heteroatoms. The van der Waals surface area contributed by atoms with E-state index in [2.05, 4.69) is 13.6 Å². The van der Waals surface area contributed by atoms with E-state index in [0.29, 0.717) is 6.71 Å². The highest BCUT2D eigenvalue weighted by atomic mass is 19.1. The molecule has 0 atom stereocenters. The average molecular weight is 150 g/mol. The minimum absolute atomic E-state index is 0.101. The van der Waals surface area contributed by atoms with Crippen LogP contribution >= 0.6 is 0 Å². The van der Waals surface area contributed by atoms with Gasteiger partial charge in [0, 0.05) is 0 Å². The van der Waals surface area contributed by atoms with Gasteiger partial charge in [-0.25, -0.2) is 4.39 Å². The fourth-order valence-electron chi connectivity index (χ4n) is 1.25. The van der Waals surface area contributed by atoms with Gasteiger partial charge in [-0.3, -0.25) is 0 Å². The Kier molecular flexibility index (Phi) is 2.33. The second-order valence-corrected chi connectivity index (χ2v) is 3.11. The van der Waals surface area contributed by atoms with Crippen LogP contribution in [0.3, 0.4) is 0 Å². The van der Waals surface area contributed by atoms with Crippen LogP contribution in [0.1, 0.15) is 5.56 Å². The summed E-state index contributed by atoms with van der Waals surface area (Å²) in [5.74, 6) is -0.101. The van der Waals surface area contributed by atoms with E-state index in [1.54, 1.807) is 6.07 Å². The summed E-state index contributed by atoms with van der Waals surface area (Å²) < 4.78 is 12.9. The average Bonchev–Trinajstić information content (AvgIpc) is 1.94. The molecule has 0 unspecified atom stereocenters. The Hall–Kier alpha value is -0.785. The maximum atomic E-state index is 12.9. The first kappa shape index (κ1) is 8.31. The van der Waals surface area contributed by atoms with E-state index in [9.17, 15) is 4.39 Å². The second-order valence-electron chi connectivity index (χ2n) is 3.11. The van der Waals surface area contributed by atoms with E-state index in [1.165, 1.54) is 6.07 Å². The molecule has 0 N–H and O–H groups in total. The topological polar surface area (TPSA) is 0 Å². The summed E-state index contributed by atoms with van der Waals surface area (Å²) in [7, 11) is 0. The summed E-state index contributed by atoms with van der Waals surface area (Å²) in [6.45, 7) is 6.37. The lowest BCUT2D eigenvalue weighted by Gasteiger charge is -2.06. The van der Waals surface area contributed by atoms with Gasteiger partial charge in [0.2, 0.25) is 0 Å². The van der Waals surface area contributed by atoms with Crippen molar-refractivity contribution in [3.63, 3.8) is 0 Å². The van der Waals surface area contributed by atoms with Crippen LogP contribution in [-0.4, -0.2) is 6.71 Å². The van der Waals surface area contributed by atoms with Gasteiger partial charge in [-0.05, 0) is 18.6 Å². The summed E-state index contributed by atoms with van der Waals surface area (Å²) in [5, 5.41) is 0. The third-order valence-electron chi connectivity index (χ3n) is 1.93. The minimum atomic E-state index is -0.101. The minimum Gasteiger partial charge on any atom is -0.207 e. The highest BCUT2D eigenvalue weighted by Crippen LogP contribution is 2.03. The van der Waals surface area contributed by atoms with E-state index in [0.717, 1.165) is 11.0 Å². The fraction of sp³-hybridized carbons (Fsp3) is 0.333. The molecule has 0 spiro atoms. The lowest BCUT2D eigenvalue weighted by Crippen LogP contribution is -2.26. The third-order valence-corrected chi connectivity index (χ3v) is 1.93. The van der Waals surface area contributed by atoms with Crippen molar-refractivity contribution in [1.29, 1.82) is 0 Å². The van der Waals surface area contributed by atoms with Gasteiger partial charge in [0.05, 0.1) is 0 Å². The Bertz CT molecular complexity index is 256. The molecule has 0 aromatic heterocycles. The van der Waals surface area contributed by atoms with E-state index >= 15 is 0 Å². The third kappa shape index (κ3) is 1.62. The Balaban J connectivity index is 3.17. The summed E-state index contributed by atoms with van der Waals surface area (Å²) in [6.07, 6.45) is 0. The van der Waals surface area contributed by atoms with Crippen LogP contribution in [0.25, 0.3) is 0 Å². The van der Waals surface area contributed by atoms with Gasteiger partial charge in [-0.1, -0.05) is 31.2 Å². The molecule has 0 fully saturated rings. The molecule has 0 heterocycles. The molecule has 0 nitrogen and oxygen atoms in total. The van der Waals surface area contributed by atoms with E-state index in [1.807, 2.05) is 13.0 Å². The highest BCUT2D eigenvalue weighted by molar-refractivity contribution is 6.71. The maximum Gasteiger partial charge on any atom is 0.170 e. The van der Waals surface area contributed by atoms with Gasteiger partial charge >= 0.3 is 0 Å². The van der Waals surface area contributed by atoms with Crippen molar-refractivity contribution < 1.29 is 4.39 Å². The molecular weight excluding hydrogens is 138 g/mol. The second kappa shape index (κ2) is 3.08. The SMILES string of the molecule is CB(C)c1cccc(F)c1C. The van der Waals surface area contributed by atoms with E-state index < -0.39 is 0 Å². The fourth-order valence-corrected chi connectivity index (χ4v) is 1.25. The highest BCUT2D eigenvalue weighted by Gasteiger charge is 2.08. The zero-order chi connectivity index (χ0) is 8.43. The zero-order valence-corrected chi connectivity index (χ0v) is 7.19. The number of rotatable bonds is 1. The first-order chi connectivity index (χ1) is 5.13. The molecule has 1 aromatic rings. The number of benzene rings is 1. The van der Waals surface area contributed by atoms with Crippen molar-refractivity contribution >= 4 is 12.2 Å². The molecule has 58 valence electrons. The lowest BCUT2D eigenvalue weighted by atomic mass is 9.48. The zero-order valence-electron chi connectivity index (χ0n) is 7.19. The first-order valence-electron chi connectivity index (χ1n) is 3.88. The molecule has 0 saturated carbocycles. The van der Waals surface area contributed by atoms with Gasteiger partial charge in [0.1, 0.15) is 5.82 Å². The van der Waals surface area contributed by atoms with Gasteiger partial charge in [-0.15, -0.1) is 0 Å². The molecule has 0 radical (unpaired) electrons. The first-order valence-corrected chi connectivity index (χ1v) is 3.88. The molecule has 0 amide bonds. The molecule has 0 aliphatic carbocycles. The van der Waals surface area contributed by atoms with Crippen molar-refractivity contribution in [1.82, 2.24) is 0 Å². The molecular formula is C9H12BF. The van der Waals surface area contributed by atoms with Crippen molar-refractivity contribution in [3.8, 4) is 0 Å². The number of hydrogen-bond donors (Lipinski definition) is 0. The summed E-state index contributed by atoms with van der Waals surface area (Å²) in [6, 6.07) is 5.24.